The van der Waals surface area contributed by atoms with Gasteiger partial charge in [-0.15, -0.1) is 11.6 Å². The SMILES string of the molecule is COc1cc(CN(C)C(=O)CCl)sn1. The molecule has 0 aromatic carbocycles. The molecule has 0 atom stereocenters. The Labute approximate surface area is 91.6 Å². The summed E-state index contributed by atoms with van der Waals surface area (Å²) in [4.78, 5) is 13.7. The first-order valence-electron chi connectivity index (χ1n) is 3.97. The maximum absolute atomic E-state index is 11.1. The van der Waals surface area contributed by atoms with Gasteiger partial charge in [0.05, 0.1) is 13.7 Å². The number of halogens is 1. The summed E-state index contributed by atoms with van der Waals surface area (Å²) in [6, 6.07) is 1.81. The van der Waals surface area contributed by atoms with Crippen molar-refractivity contribution in [2.45, 2.75) is 6.54 Å². The van der Waals surface area contributed by atoms with Gasteiger partial charge in [0.2, 0.25) is 11.8 Å². The van der Waals surface area contributed by atoms with Crippen molar-refractivity contribution in [2.75, 3.05) is 20.0 Å². The normalized spacial score (nSPS) is 9.93. The summed E-state index contributed by atoms with van der Waals surface area (Å²) in [6.45, 7) is 0.520. The largest absolute Gasteiger partial charge is 0.480 e. The first-order valence-corrected chi connectivity index (χ1v) is 5.27. The molecule has 0 saturated carbocycles. The summed E-state index contributed by atoms with van der Waals surface area (Å²) in [5.74, 6) is 0.489. The number of hydrogen-bond donors (Lipinski definition) is 0. The molecule has 0 aliphatic heterocycles. The maximum Gasteiger partial charge on any atom is 0.237 e. The van der Waals surface area contributed by atoms with Crippen LogP contribution in [0.25, 0.3) is 0 Å². The fourth-order valence-electron chi connectivity index (χ4n) is 0.889. The molecule has 0 radical (unpaired) electrons. The first kappa shape index (κ1) is 11.3. The van der Waals surface area contributed by atoms with E-state index in [0.717, 1.165) is 4.88 Å². The van der Waals surface area contributed by atoms with E-state index in [1.807, 2.05) is 6.07 Å². The number of rotatable bonds is 4. The van der Waals surface area contributed by atoms with Crippen molar-refractivity contribution in [1.29, 1.82) is 0 Å². The molecule has 78 valence electrons. The lowest BCUT2D eigenvalue weighted by molar-refractivity contribution is -0.127. The van der Waals surface area contributed by atoms with Crippen LogP contribution in [0.15, 0.2) is 6.07 Å². The third kappa shape index (κ3) is 2.85. The molecular formula is C8H11ClN2O2S. The number of ether oxygens (including phenoxy) is 1. The number of aromatic nitrogens is 1. The van der Waals surface area contributed by atoms with Crippen LogP contribution >= 0.6 is 23.1 Å². The Morgan fingerprint density at radius 1 is 1.79 bits per heavy atom. The maximum atomic E-state index is 11.1. The minimum atomic E-state index is -0.0981. The van der Waals surface area contributed by atoms with Crippen LogP contribution in [0.4, 0.5) is 0 Å². The van der Waals surface area contributed by atoms with Crippen LogP contribution in [0.1, 0.15) is 4.88 Å². The van der Waals surface area contributed by atoms with Gasteiger partial charge in [0.15, 0.2) is 0 Å². The zero-order valence-electron chi connectivity index (χ0n) is 7.99. The van der Waals surface area contributed by atoms with Crippen molar-refractivity contribution in [3.05, 3.63) is 10.9 Å². The highest BCUT2D eigenvalue weighted by Crippen LogP contribution is 2.17. The summed E-state index contributed by atoms with van der Waals surface area (Å²) in [7, 11) is 3.27. The van der Waals surface area contributed by atoms with Crippen molar-refractivity contribution in [3.63, 3.8) is 0 Å². The van der Waals surface area contributed by atoms with Crippen LogP contribution < -0.4 is 4.74 Å². The highest BCUT2D eigenvalue weighted by Gasteiger charge is 2.09. The highest BCUT2D eigenvalue weighted by molar-refractivity contribution is 7.05. The number of carbonyl (C=O) groups excluding carboxylic acids is 1. The van der Waals surface area contributed by atoms with Gasteiger partial charge in [0.1, 0.15) is 5.88 Å². The lowest BCUT2D eigenvalue weighted by Crippen LogP contribution is -2.26. The van der Waals surface area contributed by atoms with E-state index in [-0.39, 0.29) is 11.8 Å². The summed E-state index contributed by atoms with van der Waals surface area (Å²) in [5, 5.41) is 0. The molecule has 1 amide bonds. The second kappa shape index (κ2) is 5.17. The minimum absolute atomic E-state index is 0.00639. The van der Waals surface area contributed by atoms with Crippen molar-refractivity contribution in [2.24, 2.45) is 0 Å². The topological polar surface area (TPSA) is 42.4 Å². The van der Waals surface area contributed by atoms with Gasteiger partial charge >= 0.3 is 0 Å². The Morgan fingerprint density at radius 3 is 3.00 bits per heavy atom. The van der Waals surface area contributed by atoms with E-state index >= 15 is 0 Å². The van der Waals surface area contributed by atoms with E-state index in [1.165, 1.54) is 11.5 Å². The molecule has 4 nitrogen and oxygen atoms in total. The molecule has 1 heterocycles. The van der Waals surface area contributed by atoms with E-state index < -0.39 is 0 Å². The van der Waals surface area contributed by atoms with E-state index in [1.54, 1.807) is 19.1 Å². The van der Waals surface area contributed by atoms with Crippen LogP contribution in [-0.2, 0) is 11.3 Å². The van der Waals surface area contributed by atoms with Gasteiger partial charge in [-0.3, -0.25) is 4.79 Å². The van der Waals surface area contributed by atoms with Gasteiger partial charge < -0.3 is 9.64 Å². The number of methoxy groups -OCH3 is 1. The zero-order chi connectivity index (χ0) is 10.6. The monoisotopic (exact) mass is 234 g/mol. The fourth-order valence-corrected chi connectivity index (χ4v) is 1.83. The average molecular weight is 235 g/mol. The van der Waals surface area contributed by atoms with Gasteiger partial charge in [-0.25, -0.2) is 0 Å². The van der Waals surface area contributed by atoms with Crippen LogP contribution in [0.2, 0.25) is 0 Å². The Balaban J connectivity index is 2.55. The summed E-state index contributed by atoms with van der Waals surface area (Å²) >= 11 is 6.74. The molecule has 0 aliphatic carbocycles. The third-order valence-electron chi connectivity index (χ3n) is 1.68. The van der Waals surface area contributed by atoms with Gasteiger partial charge in [0.25, 0.3) is 0 Å². The standard InChI is InChI=1S/C8H11ClN2O2S/c1-11(8(12)4-9)5-6-3-7(13-2)10-14-6/h3H,4-5H2,1-2H3. The van der Waals surface area contributed by atoms with Crippen LogP contribution in [0.3, 0.4) is 0 Å². The smallest absolute Gasteiger partial charge is 0.237 e. The van der Waals surface area contributed by atoms with E-state index in [4.69, 9.17) is 16.3 Å². The number of amides is 1. The molecule has 0 fully saturated rings. The third-order valence-corrected chi connectivity index (χ3v) is 2.66. The molecule has 1 rings (SSSR count). The molecule has 0 saturated heterocycles. The summed E-state index contributed by atoms with van der Waals surface area (Å²) in [5.41, 5.74) is 0. The van der Waals surface area contributed by atoms with Crippen LogP contribution in [0, 0.1) is 0 Å². The van der Waals surface area contributed by atoms with Crippen molar-refractivity contribution in [3.8, 4) is 5.88 Å². The lowest BCUT2D eigenvalue weighted by atomic mass is 10.4. The Bertz CT molecular complexity index is 316. The highest BCUT2D eigenvalue weighted by atomic mass is 35.5. The number of carbonyl (C=O) groups is 1. The minimum Gasteiger partial charge on any atom is -0.480 e. The molecule has 1 aromatic heterocycles. The molecule has 0 N–H and O–H groups in total. The molecule has 0 unspecified atom stereocenters. The Morgan fingerprint density at radius 2 is 2.50 bits per heavy atom. The van der Waals surface area contributed by atoms with E-state index in [2.05, 4.69) is 4.37 Å². The van der Waals surface area contributed by atoms with Crippen molar-refractivity contribution < 1.29 is 9.53 Å². The Kier molecular flexibility index (Phi) is 4.16. The zero-order valence-corrected chi connectivity index (χ0v) is 9.56. The van der Waals surface area contributed by atoms with Gasteiger partial charge in [0, 0.05) is 18.0 Å². The van der Waals surface area contributed by atoms with Gasteiger partial charge in [-0.1, -0.05) is 0 Å². The lowest BCUT2D eigenvalue weighted by Gasteiger charge is -2.13. The number of alkyl halides is 1. The molecule has 6 heteroatoms. The average Bonchev–Trinajstić information content (AvgIpc) is 2.64. The van der Waals surface area contributed by atoms with Crippen molar-refractivity contribution in [1.82, 2.24) is 9.27 Å². The molecule has 14 heavy (non-hydrogen) atoms. The molecule has 1 aromatic rings. The van der Waals surface area contributed by atoms with Crippen molar-refractivity contribution >= 4 is 29.0 Å². The number of hydrogen-bond acceptors (Lipinski definition) is 4. The predicted octanol–water partition coefficient (Wildman–Crippen LogP) is 1.35. The summed E-state index contributed by atoms with van der Waals surface area (Å²) in [6.07, 6.45) is 0. The van der Waals surface area contributed by atoms with Gasteiger partial charge in [-0.2, -0.15) is 4.37 Å². The van der Waals surface area contributed by atoms with Gasteiger partial charge in [-0.05, 0) is 11.5 Å². The van der Waals surface area contributed by atoms with E-state index in [0.29, 0.717) is 12.4 Å². The summed E-state index contributed by atoms with van der Waals surface area (Å²) < 4.78 is 8.95. The van der Waals surface area contributed by atoms with Crippen LogP contribution in [-0.4, -0.2) is 35.2 Å². The molecular weight excluding hydrogens is 224 g/mol. The Hall–Kier alpha value is -0.810. The quantitative estimate of drug-likeness (QED) is 0.739. The molecule has 0 aliphatic rings. The molecule has 0 spiro atoms. The van der Waals surface area contributed by atoms with E-state index in [9.17, 15) is 4.79 Å². The fraction of sp³-hybridized carbons (Fsp3) is 0.500. The first-order chi connectivity index (χ1) is 6.67. The predicted molar refractivity (Wildman–Crippen MR) is 55.9 cm³/mol. The molecule has 0 bridgehead atoms. The second-order valence-electron chi connectivity index (χ2n) is 2.72. The number of nitrogens with zero attached hydrogens (tertiary/aromatic N) is 2. The van der Waals surface area contributed by atoms with Crippen LogP contribution in [0.5, 0.6) is 5.88 Å². The second-order valence-corrected chi connectivity index (χ2v) is 3.88.